The summed E-state index contributed by atoms with van der Waals surface area (Å²) in [5.74, 6) is 0.790. The van der Waals surface area contributed by atoms with E-state index in [0.717, 1.165) is 18.9 Å². The normalized spacial score (nSPS) is 11.1. The van der Waals surface area contributed by atoms with E-state index in [1.54, 1.807) is 12.2 Å². The van der Waals surface area contributed by atoms with E-state index in [1.807, 2.05) is 6.92 Å². The summed E-state index contributed by atoms with van der Waals surface area (Å²) in [7, 11) is 0. The molecule has 0 atom stereocenters. The molecule has 0 bridgehead atoms. The number of allylic oxidation sites excluding steroid dienone is 1. The van der Waals surface area contributed by atoms with E-state index in [1.165, 1.54) is 12.8 Å². The third kappa shape index (κ3) is 9.12. The van der Waals surface area contributed by atoms with Gasteiger partial charge in [0.1, 0.15) is 0 Å². The van der Waals surface area contributed by atoms with Gasteiger partial charge in [0.05, 0.1) is 0 Å². The van der Waals surface area contributed by atoms with Crippen LogP contribution in [-0.2, 0) is 4.79 Å². The van der Waals surface area contributed by atoms with Crippen molar-refractivity contribution in [2.24, 2.45) is 5.92 Å². The summed E-state index contributed by atoms with van der Waals surface area (Å²) in [6, 6.07) is 0. The van der Waals surface area contributed by atoms with Gasteiger partial charge in [0.25, 0.3) is 0 Å². The van der Waals surface area contributed by atoms with Crippen LogP contribution >= 0.6 is 0 Å². The molecule has 76 valence electrons. The van der Waals surface area contributed by atoms with Crippen molar-refractivity contribution in [2.75, 3.05) is 6.54 Å². The monoisotopic (exact) mass is 183 g/mol. The topological polar surface area (TPSA) is 29.1 Å². The van der Waals surface area contributed by atoms with Gasteiger partial charge in [-0.25, -0.2) is 0 Å². The minimum atomic E-state index is 0.0204. The van der Waals surface area contributed by atoms with Gasteiger partial charge in [-0.15, -0.1) is 0 Å². The Kier molecular flexibility index (Phi) is 7.36. The molecule has 0 heterocycles. The first kappa shape index (κ1) is 12.2. The van der Waals surface area contributed by atoms with Crippen LogP contribution in [0.1, 0.15) is 40.0 Å². The third-order valence-corrected chi connectivity index (χ3v) is 1.83. The van der Waals surface area contributed by atoms with Gasteiger partial charge < -0.3 is 5.32 Å². The second-order valence-corrected chi connectivity index (χ2v) is 3.68. The molecule has 1 N–H and O–H groups in total. The van der Waals surface area contributed by atoms with Crippen molar-refractivity contribution in [1.82, 2.24) is 5.32 Å². The van der Waals surface area contributed by atoms with Gasteiger partial charge in [0.2, 0.25) is 5.91 Å². The van der Waals surface area contributed by atoms with E-state index in [9.17, 15) is 4.79 Å². The molecule has 2 heteroatoms. The molecular formula is C11H21NO. The Labute approximate surface area is 81.4 Å². The molecule has 0 saturated carbocycles. The summed E-state index contributed by atoms with van der Waals surface area (Å²) < 4.78 is 0. The van der Waals surface area contributed by atoms with Gasteiger partial charge in [-0.05, 0) is 25.3 Å². The molecule has 1 amide bonds. The van der Waals surface area contributed by atoms with Crippen molar-refractivity contribution in [2.45, 2.75) is 40.0 Å². The summed E-state index contributed by atoms with van der Waals surface area (Å²) in [5.41, 5.74) is 0. The lowest BCUT2D eigenvalue weighted by atomic mass is 10.1. The van der Waals surface area contributed by atoms with Crippen LogP contribution in [0.4, 0.5) is 0 Å². The molecule has 0 aliphatic carbocycles. The molecule has 13 heavy (non-hydrogen) atoms. The molecule has 0 aliphatic heterocycles. The van der Waals surface area contributed by atoms with Crippen molar-refractivity contribution in [1.29, 1.82) is 0 Å². The average molecular weight is 183 g/mol. The van der Waals surface area contributed by atoms with Gasteiger partial charge in [0.15, 0.2) is 0 Å². The number of carbonyl (C=O) groups excluding carboxylic acids is 1. The molecule has 0 fully saturated rings. The molecule has 0 aromatic heterocycles. The Bertz CT molecular complexity index is 161. The summed E-state index contributed by atoms with van der Waals surface area (Å²) >= 11 is 0. The molecule has 0 unspecified atom stereocenters. The SMILES string of the molecule is C/C=C/C(=O)NCCCCC(C)C. The smallest absolute Gasteiger partial charge is 0.243 e. The number of rotatable bonds is 6. The highest BCUT2D eigenvalue weighted by atomic mass is 16.1. The van der Waals surface area contributed by atoms with E-state index in [4.69, 9.17) is 0 Å². The summed E-state index contributed by atoms with van der Waals surface area (Å²) in [6.45, 7) is 7.09. The number of hydrogen-bond acceptors (Lipinski definition) is 1. The van der Waals surface area contributed by atoms with E-state index >= 15 is 0 Å². The maximum Gasteiger partial charge on any atom is 0.243 e. The molecule has 0 radical (unpaired) electrons. The number of hydrogen-bond donors (Lipinski definition) is 1. The first-order chi connectivity index (χ1) is 6.16. The average Bonchev–Trinajstić information content (AvgIpc) is 2.03. The van der Waals surface area contributed by atoms with Crippen LogP contribution in [0.3, 0.4) is 0 Å². The maximum absolute atomic E-state index is 10.9. The highest BCUT2D eigenvalue weighted by Gasteiger charge is 1.95. The number of unbranched alkanes of at least 4 members (excludes halogenated alkanes) is 1. The van der Waals surface area contributed by atoms with E-state index in [2.05, 4.69) is 19.2 Å². The molecule has 0 aromatic carbocycles. The van der Waals surface area contributed by atoms with Gasteiger partial charge >= 0.3 is 0 Å². The fourth-order valence-corrected chi connectivity index (χ4v) is 1.10. The maximum atomic E-state index is 10.9. The summed E-state index contributed by atoms with van der Waals surface area (Å²) in [6.07, 6.45) is 6.85. The van der Waals surface area contributed by atoms with Crippen molar-refractivity contribution >= 4 is 5.91 Å². The second-order valence-electron chi connectivity index (χ2n) is 3.68. The van der Waals surface area contributed by atoms with Crippen molar-refractivity contribution in [3.8, 4) is 0 Å². The zero-order valence-corrected chi connectivity index (χ0v) is 8.97. The van der Waals surface area contributed by atoms with Gasteiger partial charge in [-0.2, -0.15) is 0 Å². The predicted molar refractivity (Wildman–Crippen MR) is 56.5 cm³/mol. The third-order valence-electron chi connectivity index (χ3n) is 1.83. The highest BCUT2D eigenvalue weighted by Crippen LogP contribution is 2.04. The lowest BCUT2D eigenvalue weighted by Crippen LogP contribution is -2.21. The van der Waals surface area contributed by atoms with Crippen LogP contribution in [0.15, 0.2) is 12.2 Å². The fourth-order valence-electron chi connectivity index (χ4n) is 1.10. The van der Waals surface area contributed by atoms with Crippen LogP contribution in [0.5, 0.6) is 0 Å². The van der Waals surface area contributed by atoms with Crippen LogP contribution in [0.2, 0.25) is 0 Å². The van der Waals surface area contributed by atoms with Gasteiger partial charge in [-0.3, -0.25) is 4.79 Å². The van der Waals surface area contributed by atoms with Gasteiger partial charge in [0, 0.05) is 6.54 Å². The molecule has 0 spiro atoms. The van der Waals surface area contributed by atoms with Crippen LogP contribution in [-0.4, -0.2) is 12.5 Å². The number of nitrogens with one attached hydrogen (secondary N) is 1. The molecular weight excluding hydrogens is 162 g/mol. The summed E-state index contributed by atoms with van der Waals surface area (Å²) in [4.78, 5) is 10.9. The quantitative estimate of drug-likeness (QED) is 0.497. The zero-order chi connectivity index (χ0) is 10.1. The van der Waals surface area contributed by atoms with Gasteiger partial charge in [-0.1, -0.05) is 32.8 Å². The highest BCUT2D eigenvalue weighted by molar-refractivity contribution is 5.87. The molecule has 0 aromatic rings. The Morgan fingerprint density at radius 3 is 2.62 bits per heavy atom. The lowest BCUT2D eigenvalue weighted by molar-refractivity contribution is -0.116. The molecule has 0 rings (SSSR count). The Balaban J connectivity index is 3.21. The Morgan fingerprint density at radius 2 is 2.08 bits per heavy atom. The second kappa shape index (κ2) is 7.84. The summed E-state index contributed by atoms with van der Waals surface area (Å²) in [5, 5.41) is 2.83. The Morgan fingerprint density at radius 1 is 1.38 bits per heavy atom. The largest absolute Gasteiger partial charge is 0.353 e. The molecule has 2 nitrogen and oxygen atoms in total. The number of amides is 1. The lowest BCUT2D eigenvalue weighted by Gasteiger charge is -2.04. The van der Waals surface area contributed by atoms with Crippen LogP contribution < -0.4 is 5.32 Å². The van der Waals surface area contributed by atoms with Crippen molar-refractivity contribution in [3.63, 3.8) is 0 Å². The standard InChI is InChI=1S/C11H21NO/c1-4-7-11(13)12-9-6-5-8-10(2)3/h4,7,10H,5-6,8-9H2,1-3H3,(H,12,13)/b7-4+. The zero-order valence-electron chi connectivity index (χ0n) is 8.97. The van der Waals surface area contributed by atoms with Crippen molar-refractivity contribution in [3.05, 3.63) is 12.2 Å². The number of carbonyl (C=O) groups is 1. The minimum Gasteiger partial charge on any atom is -0.353 e. The predicted octanol–water partition coefficient (Wildman–Crippen LogP) is 2.51. The van der Waals surface area contributed by atoms with Crippen LogP contribution in [0.25, 0.3) is 0 Å². The van der Waals surface area contributed by atoms with E-state index in [0.29, 0.717) is 0 Å². The molecule has 0 aliphatic rings. The van der Waals surface area contributed by atoms with Crippen molar-refractivity contribution < 1.29 is 4.79 Å². The first-order valence-electron chi connectivity index (χ1n) is 5.07. The Hall–Kier alpha value is -0.790. The minimum absolute atomic E-state index is 0.0204. The first-order valence-corrected chi connectivity index (χ1v) is 5.07. The van der Waals surface area contributed by atoms with Crippen LogP contribution in [0, 0.1) is 5.92 Å². The fraction of sp³-hybridized carbons (Fsp3) is 0.727. The molecule has 0 saturated heterocycles. The van der Waals surface area contributed by atoms with E-state index < -0.39 is 0 Å². The van der Waals surface area contributed by atoms with E-state index in [-0.39, 0.29) is 5.91 Å².